The highest BCUT2D eigenvalue weighted by molar-refractivity contribution is 6.30. The van der Waals surface area contributed by atoms with Gasteiger partial charge in [0.05, 0.1) is 13.1 Å². The summed E-state index contributed by atoms with van der Waals surface area (Å²) >= 11 is 12.1. The van der Waals surface area contributed by atoms with E-state index >= 15 is 0 Å². The van der Waals surface area contributed by atoms with E-state index in [0.717, 1.165) is 27.8 Å². The molecule has 4 aromatic heterocycles. The van der Waals surface area contributed by atoms with Gasteiger partial charge in [-0.15, -0.1) is 24.8 Å². The molecule has 0 spiro atoms. The van der Waals surface area contributed by atoms with Crippen LogP contribution in [0, 0.1) is 0 Å². The molecule has 0 saturated carbocycles. The summed E-state index contributed by atoms with van der Waals surface area (Å²) in [6.07, 6.45) is 2.59. The highest BCUT2D eigenvalue weighted by Crippen LogP contribution is 2.29. The van der Waals surface area contributed by atoms with Gasteiger partial charge in [-0.1, -0.05) is 93.0 Å². The second kappa shape index (κ2) is 31.8. The fourth-order valence-corrected chi connectivity index (χ4v) is 8.42. The largest absolute Gasteiger partial charge is 0.425 e. The number of hydrogen-bond donors (Lipinski definition) is 3. The topological polar surface area (TPSA) is 215 Å². The van der Waals surface area contributed by atoms with Gasteiger partial charge in [-0.05, 0) is 119 Å². The molecule has 0 aliphatic rings. The highest BCUT2D eigenvalue weighted by Gasteiger charge is 2.25. The molecule has 0 atom stereocenters. The van der Waals surface area contributed by atoms with Gasteiger partial charge in [0.2, 0.25) is 0 Å². The summed E-state index contributed by atoms with van der Waals surface area (Å²) in [6.45, 7) is 5.81. The van der Waals surface area contributed by atoms with Crippen molar-refractivity contribution in [2.24, 2.45) is 0 Å². The Hall–Kier alpha value is -6.55. The molecule has 422 valence electrons. The molecule has 3 N–H and O–H groups in total. The van der Waals surface area contributed by atoms with E-state index in [4.69, 9.17) is 32.7 Å². The Bertz CT molecular complexity index is 3440. The maximum absolute atomic E-state index is 13.6. The van der Waals surface area contributed by atoms with Gasteiger partial charge in [0, 0.05) is 61.5 Å². The van der Waals surface area contributed by atoms with Gasteiger partial charge >= 0.3 is 23.4 Å². The van der Waals surface area contributed by atoms with Crippen LogP contribution in [0.25, 0.3) is 22.3 Å². The molecule has 0 amide bonds. The van der Waals surface area contributed by atoms with E-state index < -0.39 is 22.5 Å². The first-order chi connectivity index (χ1) is 36.2. The van der Waals surface area contributed by atoms with Crippen molar-refractivity contribution in [2.45, 2.75) is 92.8 Å². The number of halogens is 4. The Kier molecular flexibility index (Phi) is 26.8. The SMILES string of the molecule is C.CCCn1c(=O)n(CCCO)c(=O)c2c1nc(Oc1cccc(C=O)c1)n2Cc1ccc(Cl)cc1.CCCn1c(=O)n(CCCO)c(=O)c2c1nc(Oc1cccc(CN(C)C)c1)n2Cc1ccc(Cl)cc1.CNC.Cl.Cl. The second-order valence-corrected chi connectivity index (χ2v) is 18.6. The summed E-state index contributed by atoms with van der Waals surface area (Å²) in [4.78, 5) is 76.1. The summed E-state index contributed by atoms with van der Waals surface area (Å²) in [6, 6.07) is 29.1. The third-order valence-corrected chi connectivity index (χ3v) is 12.0. The molecule has 8 rings (SSSR count). The van der Waals surface area contributed by atoms with Crippen LogP contribution >= 0.6 is 48.0 Å². The monoisotopic (exact) mass is 1150 g/mol. The molecular formula is C55H70Cl4N10O9. The average Bonchev–Trinajstić information content (AvgIpc) is 3.92. The number of aromatic nitrogens is 8. The van der Waals surface area contributed by atoms with Crippen LogP contribution in [0.1, 0.15) is 74.0 Å². The van der Waals surface area contributed by atoms with Gasteiger partial charge < -0.3 is 29.9 Å². The minimum atomic E-state index is -0.510. The number of fused-ring (bicyclic) bond motifs is 2. The fourth-order valence-electron chi connectivity index (χ4n) is 8.17. The number of imidazole rings is 2. The minimum absolute atomic E-state index is 0. The van der Waals surface area contributed by atoms with Crippen molar-refractivity contribution < 1.29 is 24.5 Å². The maximum Gasteiger partial charge on any atom is 0.332 e. The third-order valence-electron chi connectivity index (χ3n) is 11.5. The molecule has 0 bridgehead atoms. The number of nitrogens with zero attached hydrogens (tertiary/aromatic N) is 9. The predicted molar refractivity (Wildman–Crippen MR) is 314 cm³/mol. The number of nitrogens with one attached hydrogen (secondary N) is 1. The summed E-state index contributed by atoms with van der Waals surface area (Å²) in [7, 11) is 7.74. The number of aliphatic hydroxyl groups is 2. The normalized spacial score (nSPS) is 10.7. The number of carbonyl (C=O) groups is 1. The first-order valence-electron chi connectivity index (χ1n) is 24.6. The Morgan fingerprint density at radius 1 is 0.590 bits per heavy atom. The number of aldehydes is 1. The number of hydrogen-bond acceptors (Lipinski definition) is 13. The number of aryl methyl sites for hydroxylation is 2. The molecule has 0 unspecified atom stereocenters. The number of aliphatic hydroxyl groups excluding tert-OH is 2. The van der Waals surface area contributed by atoms with E-state index in [1.165, 1.54) is 13.7 Å². The Morgan fingerprint density at radius 2 is 1.00 bits per heavy atom. The molecule has 8 aromatic rings. The lowest BCUT2D eigenvalue weighted by Gasteiger charge is -2.13. The van der Waals surface area contributed by atoms with Gasteiger partial charge in [0.15, 0.2) is 22.3 Å². The molecule has 0 radical (unpaired) electrons. The van der Waals surface area contributed by atoms with Crippen LogP contribution in [0.3, 0.4) is 0 Å². The van der Waals surface area contributed by atoms with Gasteiger partial charge in [0.25, 0.3) is 11.1 Å². The highest BCUT2D eigenvalue weighted by atomic mass is 35.5. The standard InChI is InChI=1S/C27H32ClN5O4.C25H25ClN4O5.C2H7N.CH4.2ClH/c1-4-13-31-24-23(25(35)32(27(31)36)14-6-15-34)33(18-19-9-11-21(28)12-10-19)26(29-24)37-22-8-5-7-20(16-22)17-30(2)3;1-2-11-28-22-21(23(33)29(25(28)34)12-4-13-31)30(15-17-7-9-19(26)10-8-17)24(27-22)35-20-6-3-5-18(14-20)16-32;1-3-2;;;/h5,7-12,16,34H,4,6,13-15,17-18H2,1-3H3;3,5-10,14,16,31H,2,4,11-13,15H2,1H3;3H,1-2H3;1H4;2*1H. The van der Waals surface area contributed by atoms with E-state index in [1.807, 2.05) is 90.6 Å². The molecular weight excluding hydrogens is 1090 g/mol. The first-order valence-corrected chi connectivity index (χ1v) is 25.4. The second-order valence-electron chi connectivity index (χ2n) is 17.8. The molecule has 4 aromatic carbocycles. The third kappa shape index (κ3) is 16.3. The maximum atomic E-state index is 13.6. The smallest absolute Gasteiger partial charge is 0.332 e. The molecule has 19 nitrogen and oxygen atoms in total. The van der Waals surface area contributed by atoms with Crippen LogP contribution in [-0.4, -0.2) is 100 Å². The lowest BCUT2D eigenvalue weighted by molar-refractivity contribution is 0.112. The summed E-state index contributed by atoms with van der Waals surface area (Å²) in [5, 5.41) is 22.6. The Morgan fingerprint density at radius 3 is 1.38 bits per heavy atom. The van der Waals surface area contributed by atoms with Gasteiger partial charge in [-0.25, -0.2) is 9.59 Å². The molecule has 0 aliphatic heterocycles. The molecule has 0 saturated heterocycles. The first kappa shape index (κ1) is 65.7. The molecule has 78 heavy (non-hydrogen) atoms. The van der Waals surface area contributed by atoms with Crippen molar-refractivity contribution in [2.75, 3.05) is 41.4 Å². The van der Waals surface area contributed by atoms with Crippen molar-refractivity contribution in [3.8, 4) is 23.5 Å². The van der Waals surface area contributed by atoms with Crippen LogP contribution in [0.4, 0.5) is 0 Å². The van der Waals surface area contributed by atoms with Crippen molar-refractivity contribution in [1.82, 2.24) is 47.6 Å². The van der Waals surface area contributed by atoms with E-state index in [1.54, 1.807) is 57.7 Å². The van der Waals surface area contributed by atoms with Crippen molar-refractivity contribution in [3.05, 3.63) is 171 Å². The summed E-state index contributed by atoms with van der Waals surface area (Å²) in [5.41, 5.74) is 2.33. The average molecular weight is 1160 g/mol. The molecule has 0 fully saturated rings. The minimum Gasteiger partial charge on any atom is -0.425 e. The van der Waals surface area contributed by atoms with E-state index in [9.17, 15) is 34.2 Å². The zero-order valence-corrected chi connectivity index (χ0v) is 47.0. The molecule has 0 aliphatic carbocycles. The molecule has 23 heteroatoms. The number of carbonyl (C=O) groups excluding carboxylic acids is 1. The molecule has 4 heterocycles. The summed E-state index contributed by atoms with van der Waals surface area (Å²) < 4.78 is 20.9. The fraction of sp³-hybridized carbons (Fsp3) is 0.364. The zero-order chi connectivity index (χ0) is 54.2. The van der Waals surface area contributed by atoms with Crippen molar-refractivity contribution in [1.29, 1.82) is 0 Å². The Labute approximate surface area is 475 Å². The van der Waals surface area contributed by atoms with E-state index in [0.29, 0.717) is 72.3 Å². The predicted octanol–water partition coefficient (Wildman–Crippen LogP) is 8.48. The van der Waals surface area contributed by atoms with Crippen molar-refractivity contribution in [3.63, 3.8) is 0 Å². The Balaban J connectivity index is 0.000000377. The van der Waals surface area contributed by atoms with Crippen LogP contribution < -0.4 is 37.3 Å². The summed E-state index contributed by atoms with van der Waals surface area (Å²) in [5.74, 6) is 0.948. The lowest BCUT2D eigenvalue weighted by atomic mass is 10.2. The van der Waals surface area contributed by atoms with E-state index in [-0.39, 0.29) is 106 Å². The van der Waals surface area contributed by atoms with E-state index in [2.05, 4.69) is 20.2 Å². The van der Waals surface area contributed by atoms with Gasteiger partial charge in [-0.3, -0.25) is 41.8 Å². The van der Waals surface area contributed by atoms with Gasteiger partial charge in [0.1, 0.15) is 17.8 Å². The van der Waals surface area contributed by atoms with Crippen LogP contribution in [-0.2, 0) is 45.8 Å². The number of ether oxygens (including phenoxy) is 2. The van der Waals surface area contributed by atoms with Gasteiger partial charge in [-0.2, -0.15) is 9.97 Å². The van der Waals surface area contributed by atoms with Crippen molar-refractivity contribution >= 4 is 76.6 Å². The van der Waals surface area contributed by atoms with Crippen LogP contribution in [0.15, 0.2) is 116 Å². The zero-order valence-electron chi connectivity index (χ0n) is 43.9. The lowest BCUT2D eigenvalue weighted by Crippen LogP contribution is -2.41. The van der Waals surface area contributed by atoms with Crippen LogP contribution in [0.2, 0.25) is 10.0 Å². The van der Waals surface area contributed by atoms with Crippen LogP contribution in [0.5, 0.6) is 23.5 Å². The quantitative estimate of drug-likeness (QED) is 0.0577. The number of benzene rings is 4. The number of rotatable bonds is 21.